The number of amides is 1. The van der Waals surface area contributed by atoms with E-state index in [4.69, 9.17) is 9.57 Å². The van der Waals surface area contributed by atoms with E-state index < -0.39 is 0 Å². The van der Waals surface area contributed by atoms with E-state index in [9.17, 15) is 4.79 Å². The molecule has 2 heterocycles. The van der Waals surface area contributed by atoms with Crippen LogP contribution in [-0.4, -0.2) is 71.2 Å². The predicted molar refractivity (Wildman–Crippen MR) is 115 cm³/mol. The molecular weight excluding hydrogens is 382 g/mol. The van der Waals surface area contributed by atoms with Gasteiger partial charge in [0.05, 0.1) is 5.71 Å². The van der Waals surface area contributed by atoms with Crippen molar-refractivity contribution in [3.63, 3.8) is 0 Å². The van der Waals surface area contributed by atoms with E-state index in [1.807, 2.05) is 43.0 Å². The number of piperazine rings is 1. The first-order valence-electron chi connectivity index (χ1n) is 10.3. The van der Waals surface area contributed by atoms with Gasteiger partial charge >= 0.3 is 6.01 Å². The highest BCUT2D eigenvalue weighted by molar-refractivity contribution is 6.00. The van der Waals surface area contributed by atoms with Gasteiger partial charge in [0.15, 0.2) is 6.61 Å². The number of hydrogen-bond donors (Lipinski definition) is 0. The second kappa shape index (κ2) is 10.7. The topological polar surface area (TPSA) is 80.2 Å². The molecule has 8 heteroatoms. The Morgan fingerprint density at radius 3 is 2.33 bits per heavy atom. The summed E-state index contributed by atoms with van der Waals surface area (Å²) in [5, 5.41) is 4.20. The molecule has 1 amide bonds. The molecule has 1 aromatic heterocycles. The number of aryl methyl sites for hydroxylation is 1. The first-order chi connectivity index (χ1) is 14.6. The number of rotatable bonds is 8. The number of oxime groups is 1. The van der Waals surface area contributed by atoms with Crippen LogP contribution in [0.15, 0.2) is 41.8 Å². The Bertz CT molecular complexity index is 844. The van der Waals surface area contributed by atoms with Gasteiger partial charge in [-0.05, 0) is 55.3 Å². The normalized spacial score (nSPS) is 15.2. The zero-order valence-corrected chi connectivity index (χ0v) is 17.9. The average Bonchev–Trinajstić information content (AvgIpc) is 2.79. The number of benzene rings is 1. The molecule has 0 N–H and O–H groups in total. The van der Waals surface area contributed by atoms with Gasteiger partial charge in [-0.3, -0.25) is 4.79 Å². The fraction of sp³-hybridized carbons (Fsp3) is 0.455. The van der Waals surface area contributed by atoms with Crippen LogP contribution in [0.2, 0.25) is 0 Å². The van der Waals surface area contributed by atoms with Crippen molar-refractivity contribution < 1.29 is 14.4 Å². The van der Waals surface area contributed by atoms with Crippen molar-refractivity contribution in [3.8, 4) is 11.8 Å². The van der Waals surface area contributed by atoms with E-state index in [0.717, 1.165) is 49.4 Å². The van der Waals surface area contributed by atoms with Gasteiger partial charge in [0.25, 0.3) is 5.91 Å². The van der Waals surface area contributed by atoms with Crippen molar-refractivity contribution in [2.24, 2.45) is 5.16 Å². The van der Waals surface area contributed by atoms with Crippen molar-refractivity contribution in [3.05, 3.63) is 47.8 Å². The van der Waals surface area contributed by atoms with Crippen LogP contribution in [0.4, 0.5) is 0 Å². The largest absolute Gasteiger partial charge is 0.484 e. The first-order valence-corrected chi connectivity index (χ1v) is 10.3. The summed E-state index contributed by atoms with van der Waals surface area (Å²) in [6.07, 6.45) is 5.03. The second-order valence-electron chi connectivity index (χ2n) is 7.21. The van der Waals surface area contributed by atoms with E-state index in [-0.39, 0.29) is 18.5 Å². The lowest BCUT2D eigenvalue weighted by Crippen LogP contribution is -2.48. The lowest BCUT2D eigenvalue weighted by atomic mass is 10.1. The van der Waals surface area contributed by atoms with Gasteiger partial charge in [-0.2, -0.15) is 0 Å². The summed E-state index contributed by atoms with van der Waals surface area (Å²) >= 11 is 0. The van der Waals surface area contributed by atoms with Gasteiger partial charge in [-0.15, -0.1) is 0 Å². The molecule has 1 saturated heterocycles. The molecule has 30 heavy (non-hydrogen) atoms. The number of hydrogen-bond acceptors (Lipinski definition) is 7. The number of nitrogens with zero attached hydrogens (tertiary/aromatic N) is 5. The Balaban J connectivity index is 1.54. The fourth-order valence-corrected chi connectivity index (χ4v) is 3.03. The highest BCUT2D eigenvalue weighted by Crippen LogP contribution is 2.15. The van der Waals surface area contributed by atoms with E-state index in [1.165, 1.54) is 0 Å². The SMILES string of the molecule is CC/C(=N/Oc1ncc(CC)cn1)c1ccc(OCC(=O)N2CCN(C)CC2)cc1. The quantitative estimate of drug-likeness (QED) is 0.490. The standard InChI is InChI=1S/C22H29N5O3/c1-4-17-14-23-22(24-15-17)30-25-20(5-2)18-6-8-19(9-7-18)29-16-21(28)27-12-10-26(3)11-13-27/h6-9,14-15H,4-5,10-13,16H2,1-3H3/b25-20-. The zero-order chi connectivity index (χ0) is 21.3. The van der Waals surface area contributed by atoms with Gasteiger partial charge in [-0.25, -0.2) is 9.97 Å². The van der Waals surface area contributed by atoms with E-state index in [1.54, 1.807) is 12.4 Å². The van der Waals surface area contributed by atoms with Gasteiger partial charge in [0.1, 0.15) is 5.75 Å². The molecule has 0 atom stereocenters. The summed E-state index contributed by atoms with van der Waals surface area (Å²) in [4.78, 5) is 30.0. The second-order valence-corrected chi connectivity index (χ2v) is 7.21. The smallest absolute Gasteiger partial charge is 0.345 e. The summed E-state index contributed by atoms with van der Waals surface area (Å²) in [7, 11) is 2.06. The van der Waals surface area contributed by atoms with Crippen LogP contribution in [0.1, 0.15) is 31.4 Å². The van der Waals surface area contributed by atoms with Gasteiger partial charge in [-0.1, -0.05) is 19.0 Å². The third-order valence-electron chi connectivity index (χ3n) is 5.07. The van der Waals surface area contributed by atoms with Gasteiger partial charge in [0.2, 0.25) is 0 Å². The molecular formula is C22H29N5O3. The van der Waals surface area contributed by atoms with Crippen molar-refractivity contribution in [1.29, 1.82) is 0 Å². The van der Waals surface area contributed by atoms with Crippen molar-refractivity contribution in [1.82, 2.24) is 19.8 Å². The minimum Gasteiger partial charge on any atom is -0.484 e. The molecule has 0 spiro atoms. The first kappa shape index (κ1) is 21.7. The average molecular weight is 412 g/mol. The monoisotopic (exact) mass is 411 g/mol. The minimum absolute atomic E-state index is 0.0190. The molecule has 0 bridgehead atoms. The summed E-state index contributed by atoms with van der Waals surface area (Å²) in [6.45, 7) is 7.39. The molecule has 1 fully saturated rings. The molecule has 1 aliphatic rings. The third-order valence-corrected chi connectivity index (χ3v) is 5.07. The third kappa shape index (κ3) is 6.00. The summed E-state index contributed by atoms with van der Waals surface area (Å²) in [5.41, 5.74) is 2.74. The summed E-state index contributed by atoms with van der Waals surface area (Å²) in [6, 6.07) is 7.71. The molecule has 1 aliphatic heterocycles. The van der Waals surface area contributed by atoms with Crippen molar-refractivity contribution >= 4 is 11.6 Å². The Kier molecular flexibility index (Phi) is 7.73. The van der Waals surface area contributed by atoms with Crippen LogP contribution in [0.3, 0.4) is 0 Å². The summed E-state index contributed by atoms with van der Waals surface area (Å²) in [5.74, 6) is 0.668. The Labute approximate surface area is 177 Å². The number of carbonyl (C=O) groups excluding carboxylic acids is 1. The Hall–Kier alpha value is -3.00. The molecule has 160 valence electrons. The Morgan fingerprint density at radius 2 is 1.73 bits per heavy atom. The van der Waals surface area contributed by atoms with E-state index in [2.05, 4.69) is 27.1 Å². The van der Waals surface area contributed by atoms with Crippen molar-refractivity contribution in [2.75, 3.05) is 39.8 Å². The van der Waals surface area contributed by atoms with Crippen LogP contribution < -0.4 is 9.57 Å². The number of aromatic nitrogens is 2. The lowest BCUT2D eigenvalue weighted by molar-refractivity contribution is -0.134. The maximum atomic E-state index is 12.3. The lowest BCUT2D eigenvalue weighted by Gasteiger charge is -2.32. The number of carbonyl (C=O) groups is 1. The fourth-order valence-electron chi connectivity index (χ4n) is 3.03. The highest BCUT2D eigenvalue weighted by atomic mass is 16.6. The molecule has 8 nitrogen and oxygen atoms in total. The highest BCUT2D eigenvalue weighted by Gasteiger charge is 2.19. The molecule has 2 aromatic rings. The van der Waals surface area contributed by atoms with Crippen LogP contribution in [0.25, 0.3) is 0 Å². The Morgan fingerprint density at radius 1 is 1.07 bits per heavy atom. The van der Waals surface area contributed by atoms with E-state index >= 15 is 0 Å². The predicted octanol–water partition coefficient (Wildman–Crippen LogP) is 2.38. The molecule has 0 unspecified atom stereocenters. The van der Waals surface area contributed by atoms with Crippen LogP contribution in [-0.2, 0) is 11.2 Å². The zero-order valence-electron chi connectivity index (χ0n) is 17.9. The minimum atomic E-state index is 0.0190. The van der Waals surface area contributed by atoms with Crippen LogP contribution in [0.5, 0.6) is 11.8 Å². The number of ether oxygens (including phenoxy) is 1. The maximum Gasteiger partial charge on any atom is 0.345 e. The van der Waals surface area contributed by atoms with Crippen LogP contribution in [0, 0.1) is 0 Å². The number of likely N-dealkylation sites (N-methyl/N-ethyl adjacent to an activating group) is 1. The summed E-state index contributed by atoms with van der Waals surface area (Å²) < 4.78 is 5.67. The van der Waals surface area contributed by atoms with Gasteiger partial charge < -0.3 is 19.4 Å². The molecule has 0 radical (unpaired) electrons. The maximum absolute atomic E-state index is 12.3. The van der Waals surface area contributed by atoms with Gasteiger partial charge in [0, 0.05) is 38.6 Å². The molecule has 3 rings (SSSR count). The van der Waals surface area contributed by atoms with E-state index in [0.29, 0.717) is 12.2 Å². The van der Waals surface area contributed by atoms with Crippen LogP contribution >= 0.6 is 0 Å². The molecule has 0 saturated carbocycles. The molecule has 0 aliphatic carbocycles. The van der Waals surface area contributed by atoms with Crippen molar-refractivity contribution in [2.45, 2.75) is 26.7 Å². The molecule has 1 aromatic carbocycles.